The number of hydrogen-bond donors (Lipinski definition) is 2. The lowest BCUT2D eigenvalue weighted by Crippen LogP contribution is -2.44. The zero-order valence-corrected chi connectivity index (χ0v) is 13.3. The van der Waals surface area contributed by atoms with Gasteiger partial charge in [0.25, 0.3) is 5.91 Å². The Bertz CT molecular complexity index is 512. The molecule has 1 atom stereocenters. The zero-order chi connectivity index (χ0) is 15.2. The van der Waals surface area contributed by atoms with Crippen LogP contribution in [0.5, 0.6) is 0 Å². The van der Waals surface area contributed by atoms with Gasteiger partial charge in [-0.15, -0.1) is 0 Å². The van der Waals surface area contributed by atoms with Gasteiger partial charge in [-0.1, -0.05) is 30.8 Å². The minimum absolute atomic E-state index is 0.0723. The van der Waals surface area contributed by atoms with E-state index < -0.39 is 0 Å². The number of thiocarbonyl (C=S) groups is 1. The predicted octanol–water partition coefficient (Wildman–Crippen LogP) is 1.93. The Morgan fingerprint density at radius 3 is 2.67 bits per heavy atom. The first kappa shape index (κ1) is 15.9. The SMILES string of the molecule is CC(CNC(=O)c1cccc(C(N)=S)c1)N1CCCCC1. The second-order valence-electron chi connectivity index (χ2n) is 5.60. The molecule has 1 aliphatic rings. The van der Waals surface area contributed by atoms with E-state index in [9.17, 15) is 4.79 Å². The molecule has 1 aromatic rings. The van der Waals surface area contributed by atoms with Crippen LogP contribution in [-0.2, 0) is 0 Å². The molecular weight excluding hydrogens is 282 g/mol. The normalized spacial score (nSPS) is 17.2. The van der Waals surface area contributed by atoms with Gasteiger partial charge in [-0.05, 0) is 45.0 Å². The van der Waals surface area contributed by atoms with Gasteiger partial charge in [0.05, 0.1) is 0 Å². The van der Waals surface area contributed by atoms with Crippen molar-refractivity contribution in [3.8, 4) is 0 Å². The van der Waals surface area contributed by atoms with E-state index in [4.69, 9.17) is 18.0 Å². The summed E-state index contributed by atoms with van der Waals surface area (Å²) in [5, 5.41) is 3.00. The van der Waals surface area contributed by atoms with Crippen LogP contribution < -0.4 is 11.1 Å². The molecule has 3 N–H and O–H groups in total. The van der Waals surface area contributed by atoms with Gasteiger partial charge in [0, 0.05) is 23.7 Å². The summed E-state index contributed by atoms with van der Waals surface area (Å²) in [6.07, 6.45) is 3.84. The van der Waals surface area contributed by atoms with Crippen molar-refractivity contribution in [3.63, 3.8) is 0 Å². The summed E-state index contributed by atoms with van der Waals surface area (Å²) in [6, 6.07) is 7.51. The van der Waals surface area contributed by atoms with E-state index in [0.29, 0.717) is 23.1 Å². The number of hydrogen-bond acceptors (Lipinski definition) is 3. The molecule has 5 heteroatoms. The van der Waals surface area contributed by atoms with Crippen LogP contribution in [0.2, 0.25) is 0 Å². The maximum atomic E-state index is 12.2. The topological polar surface area (TPSA) is 58.4 Å². The number of piperidine rings is 1. The fraction of sp³-hybridized carbons (Fsp3) is 0.500. The quantitative estimate of drug-likeness (QED) is 0.816. The number of nitrogens with zero attached hydrogens (tertiary/aromatic N) is 1. The Kier molecular flexibility index (Phi) is 5.70. The monoisotopic (exact) mass is 305 g/mol. The number of likely N-dealkylation sites (tertiary alicyclic amines) is 1. The summed E-state index contributed by atoms with van der Waals surface area (Å²) in [6.45, 7) is 5.09. The molecule has 1 fully saturated rings. The fourth-order valence-electron chi connectivity index (χ4n) is 2.64. The van der Waals surface area contributed by atoms with E-state index >= 15 is 0 Å². The third-order valence-corrected chi connectivity index (χ3v) is 4.22. The van der Waals surface area contributed by atoms with Crippen molar-refractivity contribution in [2.24, 2.45) is 5.73 Å². The molecule has 114 valence electrons. The Morgan fingerprint density at radius 2 is 2.00 bits per heavy atom. The lowest BCUT2D eigenvalue weighted by molar-refractivity contribution is 0.0930. The highest BCUT2D eigenvalue weighted by atomic mass is 32.1. The number of carbonyl (C=O) groups is 1. The number of rotatable bonds is 5. The molecular formula is C16H23N3OS. The van der Waals surface area contributed by atoms with Crippen molar-refractivity contribution >= 4 is 23.1 Å². The summed E-state index contributed by atoms with van der Waals surface area (Å²) < 4.78 is 0. The van der Waals surface area contributed by atoms with Crippen LogP contribution in [0, 0.1) is 0 Å². The van der Waals surface area contributed by atoms with Crippen LogP contribution >= 0.6 is 12.2 Å². The van der Waals surface area contributed by atoms with Crippen molar-refractivity contribution in [2.45, 2.75) is 32.2 Å². The molecule has 0 saturated carbocycles. The molecule has 4 nitrogen and oxygen atoms in total. The molecule has 1 heterocycles. The van der Waals surface area contributed by atoms with Gasteiger partial charge >= 0.3 is 0 Å². The Balaban J connectivity index is 1.89. The van der Waals surface area contributed by atoms with Gasteiger partial charge in [-0.25, -0.2) is 0 Å². The van der Waals surface area contributed by atoms with E-state index in [0.717, 1.165) is 18.7 Å². The second kappa shape index (κ2) is 7.52. The Morgan fingerprint density at radius 1 is 1.33 bits per heavy atom. The second-order valence-corrected chi connectivity index (χ2v) is 6.04. The van der Waals surface area contributed by atoms with Crippen molar-refractivity contribution in [2.75, 3.05) is 19.6 Å². The van der Waals surface area contributed by atoms with Crippen molar-refractivity contribution in [1.82, 2.24) is 10.2 Å². The van der Waals surface area contributed by atoms with E-state index in [1.54, 1.807) is 18.2 Å². The highest BCUT2D eigenvalue weighted by Gasteiger charge is 2.17. The van der Waals surface area contributed by atoms with Crippen LogP contribution in [0.3, 0.4) is 0 Å². The van der Waals surface area contributed by atoms with Gasteiger partial charge in [-0.3, -0.25) is 9.69 Å². The smallest absolute Gasteiger partial charge is 0.251 e. The van der Waals surface area contributed by atoms with Gasteiger partial charge in [-0.2, -0.15) is 0 Å². The van der Waals surface area contributed by atoms with Crippen LogP contribution in [0.1, 0.15) is 42.1 Å². The fourth-order valence-corrected chi connectivity index (χ4v) is 2.77. The van der Waals surface area contributed by atoms with E-state index in [2.05, 4.69) is 17.1 Å². The molecule has 1 aliphatic heterocycles. The Hall–Kier alpha value is -1.46. The van der Waals surface area contributed by atoms with Gasteiger partial charge in [0.2, 0.25) is 0 Å². The van der Waals surface area contributed by atoms with E-state index in [1.165, 1.54) is 19.3 Å². The third-order valence-electron chi connectivity index (χ3n) is 3.98. The number of nitrogens with one attached hydrogen (secondary N) is 1. The van der Waals surface area contributed by atoms with E-state index in [1.807, 2.05) is 6.07 Å². The zero-order valence-electron chi connectivity index (χ0n) is 12.5. The lowest BCUT2D eigenvalue weighted by atomic mass is 10.1. The molecule has 2 rings (SSSR count). The summed E-state index contributed by atoms with van der Waals surface area (Å²) in [7, 11) is 0. The van der Waals surface area contributed by atoms with Crippen molar-refractivity contribution in [1.29, 1.82) is 0 Å². The molecule has 0 spiro atoms. The molecule has 0 aromatic heterocycles. The van der Waals surface area contributed by atoms with Crippen molar-refractivity contribution < 1.29 is 4.79 Å². The minimum Gasteiger partial charge on any atom is -0.389 e. The summed E-state index contributed by atoms with van der Waals surface area (Å²) in [4.78, 5) is 14.9. The third kappa shape index (κ3) is 4.51. The van der Waals surface area contributed by atoms with E-state index in [-0.39, 0.29) is 5.91 Å². The highest BCUT2D eigenvalue weighted by molar-refractivity contribution is 7.80. The molecule has 0 bridgehead atoms. The first-order chi connectivity index (χ1) is 10.1. The number of carbonyl (C=O) groups excluding carboxylic acids is 1. The minimum atomic E-state index is -0.0723. The summed E-state index contributed by atoms with van der Waals surface area (Å²) in [5.74, 6) is -0.0723. The molecule has 1 saturated heterocycles. The Labute approximate surface area is 131 Å². The maximum Gasteiger partial charge on any atom is 0.251 e. The lowest BCUT2D eigenvalue weighted by Gasteiger charge is -2.32. The average molecular weight is 305 g/mol. The summed E-state index contributed by atoms with van der Waals surface area (Å²) >= 11 is 4.94. The van der Waals surface area contributed by atoms with Crippen LogP contribution in [0.4, 0.5) is 0 Å². The number of nitrogens with two attached hydrogens (primary N) is 1. The molecule has 0 aliphatic carbocycles. The largest absolute Gasteiger partial charge is 0.389 e. The van der Waals surface area contributed by atoms with Gasteiger partial charge < -0.3 is 11.1 Å². The first-order valence-electron chi connectivity index (χ1n) is 7.50. The van der Waals surface area contributed by atoms with Crippen LogP contribution in [0.25, 0.3) is 0 Å². The van der Waals surface area contributed by atoms with Crippen LogP contribution in [0.15, 0.2) is 24.3 Å². The van der Waals surface area contributed by atoms with Gasteiger partial charge in [0.1, 0.15) is 4.99 Å². The highest BCUT2D eigenvalue weighted by Crippen LogP contribution is 2.12. The van der Waals surface area contributed by atoms with Crippen LogP contribution in [-0.4, -0.2) is 41.5 Å². The predicted molar refractivity (Wildman–Crippen MR) is 89.5 cm³/mol. The molecule has 1 amide bonds. The molecule has 0 radical (unpaired) electrons. The average Bonchev–Trinajstić information content (AvgIpc) is 2.53. The molecule has 21 heavy (non-hydrogen) atoms. The van der Waals surface area contributed by atoms with Gasteiger partial charge in [0.15, 0.2) is 0 Å². The van der Waals surface area contributed by atoms with Crippen molar-refractivity contribution in [3.05, 3.63) is 35.4 Å². The molecule has 1 unspecified atom stereocenters. The standard InChI is InChI=1S/C16H23N3OS/c1-12(19-8-3-2-4-9-19)11-18-16(20)14-7-5-6-13(10-14)15(17)21/h5-7,10,12H,2-4,8-9,11H2,1H3,(H2,17,21)(H,18,20). The number of amides is 1. The number of benzene rings is 1. The molecule has 1 aromatic carbocycles. The summed E-state index contributed by atoms with van der Waals surface area (Å²) in [5.41, 5.74) is 6.92. The first-order valence-corrected chi connectivity index (χ1v) is 7.91. The maximum absolute atomic E-state index is 12.2.